The molecule has 1 rings (SSSR count). The van der Waals surface area contributed by atoms with Gasteiger partial charge in [0.15, 0.2) is 11.5 Å². The van der Waals surface area contributed by atoms with E-state index in [-0.39, 0.29) is 23.5 Å². The molecule has 0 fully saturated rings. The minimum absolute atomic E-state index is 0.0789. The van der Waals surface area contributed by atoms with Crippen LogP contribution in [0.3, 0.4) is 0 Å². The molecule has 0 radical (unpaired) electrons. The van der Waals surface area contributed by atoms with Crippen molar-refractivity contribution in [3.63, 3.8) is 0 Å². The first-order chi connectivity index (χ1) is 9.36. The number of benzene rings is 1. The molecule has 20 heavy (non-hydrogen) atoms. The number of phenolic OH excluding ortho intramolecular Hbond substituents is 2. The molecule has 0 spiro atoms. The summed E-state index contributed by atoms with van der Waals surface area (Å²) in [4.78, 5) is 22.7. The van der Waals surface area contributed by atoms with Crippen molar-refractivity contribution < 1.29 is 24.9 Å². The van der Waals surface area contributed by atoms with Gasteiger partial charge >= 0.3 is 5.97 Å². The summed E-state index contributed by atoms with van der Waals surface area (Å²) in [5.74, 6) is -2.61. The Bertz CT molecular complexity index is 509. The van der Waals surface area contributed by atoms with E-state index in [4.69, 9.17) is 10.8 Å². The van der Waals surface area contributed by atoms with E-state index in [1.54, 1.807) is 0 Å². The molecule has 0 saturated carbocycles. The number of hydrogen-bond donors (Lipinski definition) is 6. The van der Waals surface area contributed by atoms with E-state index >= 15 is 0 Å². The Morgan fingerprint density at radius 1 is 1.35 bits per heavy atom. The molecule has 2 atom stereocenters. The molecular weight excluding hydrogens is 284 g/mol. The average Bonchev–Trinajstić information content (AvgIpc) is 2.41. The van der Waals surface area contributed by atoms with Gasteiger partial charge < -0.3 is 26.4 Å². The summed E-state index contributed by atoms with van der Waals surface area (Å²) in [6.45, 7) is 0. The molecule has 110 valence electrons. The summed E-state index contributed by atoms with van der Waals surface area (Å²) in [7, 11) is 0. The van der Waals surface area contributed by atoms with Crippen LogP contribution in [0.4, 0.5) is 0 Å². The molecule has 0 aliphatic carbocycles. The van der Waals surface area contributed by atoms with Crippen LogP contribution in [-0.4, -0.2) is 45.0 Å². The highest BCUT2D eigenvalue weighted by Crippen LogP contribution is 2.29. The standard InChI is InChI=1S/C12H16N2O5S/c13-7(5-20)11(17)14-8(12(18)19)4-6-2-1-3-9(15)10(6)16/h1-3,7-8,15-16,20H,4-5,13H2,(H,14,17)(H,18,19). The molecule has 8 heteroatoms. The molecule has 0 aromatic heterocycles. The summed E-state index contributed by atoms with van der Waals surface area (Å²) < 4.78 is 0. The quantitative estimate of drug-likeness (QED) is 0.309. The predicted molar refractivity (Wildman–Crippen MR) is 74.9 cm³/mol. The first-order valence-electron chi connectivity index (χ1n) is 5.76. The largest absolute Gasteiger partial charge is 0.504 e. The first-order valence-corrected chi connectivity index (χ1v) is 6.39. The van der Waals surface area contributed by atoms with Crippen LogP contribution in [0.1, 0.15) is 5.56 Å². The van der Waals surface area contributed by atoms with Gasteiger partial charge in [-0.25, -0.2) is 4.79 Å². The van der Waals surface area contributed by atoms with Crippen molar-refractivity contribution in [2.24, 2.45) is 5.73 Å². The summed E-state index contributed by atoms with van der Waals surface area (Å²) in [6.07, 6.45) is -0.180. The normalized spacial score (nSPS) is 13.5. The maximum atomic E-state index is 11.6. The number of phenols is 2. The maximum Gasteiger partial charge on any atom is 0.326 e. The molecule has 0 heterocycles. The van der Waals surface area contributed by atoms with Crippen molar-refractivity contribution in [3.8, 4) is 11.5 Å². The van der Waals surface area contributed by atoms with Crippen molar-refractivity contribution >= 4 is 24.5 Å². The van der Waals surface area contributed by atoms with Crippen LogP contribution in [0.25, 0.3) is 0 Å². The number of aromatic hydroxyl groups is 2. The number of carbonyl (C=O) groups is 2. The number of carboxylic acids is 1. The second kappa shape index (κ2) is 7.01. The van der Waals surface area contributed by atoms with E-state index in [2.05, 4.69) is 17.9 Å². The molecule has 0 aliphatic heterocycles. The fourth-order valence-corrected chi connectivity index (χ4v) is 1.69. The second-order valence-electron chi connectivity index (χ2n) is 4.18. The number of para-hydroxylation sites is 1. The molecule has 1 amide bonds. The predicted octanol–water partition coefficient (Wildman–Crippen LogP) is -0.533. The van der Waals surface area contributed by atoms with E-state index in [1.807, 2.05) is 0 Å². The molecule has 1 aromatic rings. The third-order valence-corrected chi connectivity index (χ3v) is 3.06. The smallest absolute Gasteiger partial charge is 0.326 e. The summed E-state index contributed by atoms with van der Waals surface area (Å²) in [5.41, 5.74) is 5.65. The van der Waals surface area contributed by atoms with Gasteiger partial charge in [0, 0.05) is 17.7 Å². The highest BCUT2D eigenvalue weighted by atomic mass is 32.1. The van der Waals surface area contributed by atoms with E-state index in [0.29, 0.717) is 0 Å². The number of rotatable bonds is 6. The highest BCUT2D eigenvalue weighted by molar-refractivity contribution is 7.80. The molecule has 6 N–H and O–H groups in total. The lowest BCUT2D eigenvalue weighted by Gasteiger charge is -2.17. The van der Waals surface area contributed by atoms with Gasteiger partial charge in [-0.2, -0.15) is 12.6 Å². The Morgan fingerprint density at radius 2 is 2.00 bits per heavy atom. The Labute approximate surface area is 120 Å². The van der Waals surface area contributed by atoms with Gasteiger partial charge in [-0.3, -0.25) is 4.79 Å². The Morgan fingerprint density at radius 3 is 2.55 bits per heavy atom. The van der Waals surface area contributed by atoms with Crippen LogP contribution in [0.5, 0.6) is 11.5 Å². The monoisotopic (exact) mass is 300 g/mol. The van der Waals surface area contributed by atoms with Crippen LogP contribution in [-0.2, 0) is 16.0 Å². The minimum Gasteiger partial charge on any atom is -0.504 e. The van der Waals surface area contributed by atoms with Gasteiger partial charge in [0.05, 0.1) is 6.04 Å². The van der Waals surface area contributed by atoms with Gasteiger partial charge in [-0.1, -0.05) is 12.1 Å². The molecule has 1 aromatic carbocycles. The molecule has 0 saturated heterocycles. The average molecular weight is 300 g/mol. The van der Waals surface area contributed by atoms with Crippen LogP contribution >= 0.6 is 12.6 Å². The Hall–Kier alpha value is -1.93. The number of nitrogens with two attached hydrogens (primary N) is 1. The van der Waals surface area contributed by atoms with Crippen LogP contribution in [0.2, 0.25) is 0 Å². The number of aliphatic carboxylic acids is 1. The van der Waals surface area contributed by atoms with Gasteiger partial charge in [-0.05, 0) is 6.07 Å². The van der Waals surface area contributed by atoms with E-state index < -0.39 is 29.7 Å². The van der Waals surface area contributed by atoms with Crippen molar-refractivity contribution in [2.45, 2.75) is 18.5 Å². The van der Waals surface area contributed by atoms with Crippen LogP contribution in [0.15, 0.2) is 18.2 Å². The Kier molecular flexibility index (Phi) is 5.66. The van der Waals surface area contributed by atoms with Crippen LogP contribution in [0, 0.1) is 0 Å². The lowest BCUT2D eigenvalue weighted by Crippen LogP contribution is -2.50. The lowest BCUT2D eigenvalue weighted by molar-refractivity contribution is -0.141. The molecule has 0 aliphatic rings. The fourth-order valence-electron chi connectivity index (χ4n) is 1.52. The number of carboxylic acid groups (broad SMARTS) is 1. The minimum atomic E-state index is -1.27. The summed E-state index contributed by atoms with van der Waals surface area (Å²) in [5, 5.41) is 30.3. The van der Waals surface area contributed by atoms with E-state index in [1.165, 1.54) is 18.2 Å². The fraction of sp³-hybridized carbons (Fsp3) is 0.333. The lowest BCUT2D eigenvalue weighted by atomic mass is 10.0. The number of hydrogen-bond acceptors (Lipinski definition) is 6. The maximum absolute atomic E-state index is 11.6. The zero-order chi connectivity index (χ0) is 15.3. The number of nitrogens with one attached hydrogen (secondary N) is 1. The number of amides is 1. The van der Waals surface area contributed by atoms with Gasteiger partial charge in [0.25, 0.3) is 0 Å². The third-order valence-electron chi connectivity index (χ3n) is 2.67. The molecule has 2 unspecified atom stereocenters. The zero-order valence-electron chi connectivity index (χ0n) is 10.5. The van der Waals surface area contributed by atoms with Crippen molar-refractivity contribution in [1.82, 2.24) is 5.32 Å². The van der Waals surface area contributed by atoms with Crippen molar-refractivity contribution in [3.05, 3.63) is 23.8 Å². The van der Waals surface area contributed by atoms with E-state index in [9.17, 15) is 19.8 Å². The Balaban J connectivity index is 2.85. The van der Waals surface area contributed by atoms with Crippen molar-refractivity contribution in [1.29, 1.82) is 0 Å². The van der Waals surface area contributed by atoms with Gasteiger partial charge in [0.2, 0.25) is 5.91 Å². The SMILES string of the molecule is NC(CS)C(=O)NC(Cc1cccc(O)c1O)C(=O)O. The molecular formula is C12H16N2O5S. The second-order valence-corrected chi connectivity index (χ2v) is 4.54. The molecule has 0 bridgehead atoms. The molecule has 7 nitrogen and oxygen atoms in total. The van der Waals surface area contributed by atoms with Crippen LogP contribution < -0.4 is 11.1 Å². The van der Waals surface area contributed by atoms with E-state index in [0.717, 1.165) is 0 Å². The summed E-state index contributed by atoms with van der Waals surface area (Å²) >= 11 is 3.85. The number of carbonyl (C=O) groups excluding carboxylic acids is 1. The van der Waals surface area contributed by atoms with Gasteiger partial charge in [-0.15, -0.1) is 0 Å². The number of thiol groups is 1. The zero-order valence-corrected chi connectivity index (χ0v) is 11.4. The first kappa shape index (κ1) is 16.1. The topological polar surface area (TPSA) is 133 Å². The third kappa shape index (κ3) is 4.04. The van der Waals surface area contributed by atoms with Gasteiger partial charge in [0.1, 0.15) is 6.04 Å². The highest BCUT2D eigenvalue weighted by Gasteiger charge is 2.24. The summed E-state index contributed by atoms with van der Waals surface area (Å²) in [6, 6.07) is 2.00. The van der Waals surface area contributed by atoms with Crippen molar-refractivity contribution in [2.75, 3.05) is 5.75 Å².